The minimum Gasteiger partial charge on any atom is -0.441 e. The third-order valence-electron chi connectivity index (χ3n) is 5.53. The Balaban J connectivity index is 1.40. The molecular formula is C24H26N4O3. The molecule has 3 aromatic rings. The van der Waals surface area contributed by atoms with Crippen molar-refractivity contribution in [3.05, 3.63) is 71.6 Å². The van der Waals surface area contributed by atoms with Crippen LogP contribution >= 0.6 is 0 Å². The Hall–Kier alpha value is -3.45. The quantitative estimate of drug-likeness (QED) is 0.613. The number of nitrogens with two attached hydrogens (primary N) is 1. The Morgan fingerprint density at radius 3 is 2.77 bits per heavy atom. The molecule has 0 radical (unpaired) electrons. The first-order valence-electron chi connectivity index (χ1n) is 10.4. The van der Waals surface area contributed by atoms with E-state index in [4.69, 9.17) is 10.2 Å². The summed E-state index contributed by atoms with van der Waals surface area (Å²) in [6, 6.07) is 17.1. The van der Waals surface area contributed by atoms with E-state index in [1.54, 1.807) is 0 Å². The number of aromatic nitrogens is 1. The van der Waals surface area contributed by atoms with Gasteiger partial charge < -0.3 is 15.5 Å². The Morgan fingerprint density at radius 1 is 1.19 bits per heavy atom. The molecule has 0 spiro atoms. The van der Waals surface area contributed by atoms with Crippen LogP contribution in [0.1, 0.15) is 29.9 Å². The van der Waals surface area contributed by atoms with Gasteiger partial charge in [0.25, 0.3) is 0 Å². The fraction of sp³-hybridized carbons (Fsp3) is 0.292. The molecule has 7 nitrogen and oxygen atoms in total. The molecular weight excluding hydrogens is 392 g/mol. The first-order valence-corrected chi connectivity index (χ1v) is 10.4. The Labute approximate surface area is 181 Å². The summed E-state index contributed by atoms with van der Waals surface area (Å²) in [5, 5.41) is 2.94. The van der Waals surface area contributed by atoms with Crippen LogP contribution in [0.3, 0.4) is 0 Å². The summed E-state index contributed by atoms with van der Waals surface area (Å²) in [5.74, 6) is 0.705. The summed E-state index contributed by atoms with van der Waals surface area (Å²) in [6.07, 6.45) is 1.89. The molecule has 4 rings (SSSR count). The molecule has 0 aliphatic carbocycles. The van der Waals surface area contributed by atoms with Gasteiger partial charge in [0.1, 0.15) is 5.76 Å². The number of hydrogen-bond donors (Lipinski definition) is 2. The maximum atomic E-state index is 12.6. The van der Waals surface area contributed by atoms with Crippen molar-refractivity contribution >= 4 is 17.5 Å². The van der Waals surface area contributed by atoms with E-state index in [1.807, 2.05) is 61.5 Å². The monoisotopic (exact) mass is 418 g/mol. The van der Waals surface area contributed by atoms with Crippen LogP contribution in [0.4, 0.5) is 5.69 Å². The zero-order valence-corrected chi connectivity index (χ0v) is 17.5. The highest BCUT2D eigenvalue weighted by Gasteiger charge is 2.28. The largest absolute Gasteiger partial charge is 0.441 e. The third kappa shape index (κ3) is 5.00. The molecule has 160 valence electrons. The summed E-state index contributed by atoms with van der Waals surface area (Å²) in [7, 11) is 0. The van der Waals surface area contributed by atoms with E-state index in [2.05, 4.69) is 15.2 Å². The van der Waals surface area contributed by atoms with Crippen molar-refractivity contribution in [2.75, 3.05) is 11.9 Å². The lowest BCUT2D eigenvalue weighted by molar-refractivity contribution is -0.122. The molecule has 2 aromatic carbocycles. The number of anilines is 1. The van der Waals surface area contributed by atoms with Crippen LogP contribution in [0.25, 0.3) is 11.5 Å². The van der Waals surface area contributed by atoms with Gasteiger partial charge in [0.05, 0.1) is 18.2 Å². The van der Waals surface area contributed by atoms with Crippen molar-refractivity contribution < 1.29 is 14.0 Å². The standard InChI is InChI=1S/C24H26N4O3/c1-16-20(27-24(31-16)18-8-3-2-4-9-18)14-22(29)26-19-10-5-7-17(13-19)15-28-12-6-11-21(28)23(25)30/h2-5,7-10,13,21H,6,11-12,14-15H2,1H3,(H2,25,30)(H,26,29). The van der Waals surface area contributed by atoms with Crippen LogP contribution in [-0.4, -0.2) is 34.3 Å². The van der Waals surface area contributed by atoms with Gasteiger partial charge in [-0.3, -0.25) is 14.5 Å². The third-order valence-corrected chi connectivity index (χ3v) is 5.53. The number of carbonyl (C=O) groups excluding carboxylic acids is 2. The highest BCUT2D eigenvalue weighted by Crippen LogP contribution is 2.23. The number of primary amides is 1. The molecule has 1 aliphatic heterocycles. The Bertz CT molecular complexity index is 1080. The zero-order valence-electron chi connectivity index (χ0n) is 17.5. The number of oxazole rings is 1. The maximum absolute atomic E-state index is 12.6. The molecule has 31 heavy (non-hydrogen) atoms. The van der Waals surface area contributed by atoms with Crippen molar-refractivity contribution in [1.82, 2.24) is 9.88 Å². The average Bonchev–Trinajstić information content (AvgIpc) is 3.36. The van der Waals surface area contributed by atoms with Crippen molar-refractivity contribution in [1.29, 1.82) is 0 Å². The van der Waals surface area contributed by atoms with E-state index in [0.29, 0.717) is 29.6 Å². The van der Waals surface area contributed by atoms with Gasteiger partial charge >= 0.3 is 0 Å². The van der Waals surface area contributed by atoms with Gasteiger partial charge in [-0.05, 0) is 56.1 Å². The van der Waals surface area contributed by atoms with E-state index < -0.39 is 0 Å². The highest BCUT2D eigenvalue weighted by atomic mass is 16.4. The van der Waals surface area contributed by atoms with Gasteiger partial charge in [-0.2, -0.15) is 0 Å². The van der Waals surface area contributed by atoms with E-state index in [9.17, 15) is 9.59 Å². The maximum Gasteiger partial charge on any atom is 0.234 e. The van der Waals surface area contributed by atoms with Crippen molar-refractivity contribution in [2.45, 2.75) is 38.8 Å². The molecule has 1 saturated heterocycles. The second kappa shape index (κ2) is 9.14. The number of amides is 2. The molecule has 3 N–H and O–H groups in total. The van der Waals surface area contributed by atoms with Crippen LogP contribution in [0.5, 0.6) is 0 Å². The number of rotatable bonds is 7. The zero-order chi connectivity index (χ0) is 21.8. The predicted octanol–water partition coefficient (Wildman–Crippen LogP) is 3.28. The van der Waals surface area contributed by atoms with Gasteiger partial charge in [0, 0.05) is 17.8 Å². The lowest BCUT2D eigenvalue weighted by atomic mass is 10.1. The Morgan fingerprint density at radius 2 is 2.00 bits per heavy atom. The lowest BCUT2D eigenvalue weighted by Gasteiger charge is -2.22. The van der Waals surface area contributed by atoms with E-state index in [1.165, 1.54) is 0 Å². The number of benzene rings is 2. The summed E-state index contributed by atoms with van der Waals surface area (Å²) in [6.45, 7) is 3.29. The van der Waals surface area contributed by atoms with Gasteiger partial charge in [0.2, 0.25) is 17.7 Å². The van der Waals surface area contributed by atoms with Crippen molar-refractivity contribution in [2.24, 2.45) is 5.73 Å². The Kier molecular flexibility index (Phi) is 6.13. The van der Waals surface area contributed by atoms with Crippen LogP contribution in [-0.2, 0) is 22.6 Å². The number of likely N-dealkylation sites (tertiary alicyclic amines) is 1. The minimum atomic E-state index is -0.278. The molecule has 1 aromatic heterocycles. The summed E-state index contributed by atoms with van der Waals surface area (Å²) in [5.41, 5.74) is 8.74. The van der Waals surface area contributed by atoms with Gasteiger partial charge in [-0.1, -0.05) is 30.3 Å². The van der Waals surface area contributed by atoms with Gasteiger partial charge in [-0.25, -0.2) is 4.98 Å². The van der Waals surface area contributed by atoms with E-state index in [0.717, 1.165) is 30.5 Å². The number of nitrogens with one attached hydrogen (secondary N) is 1. The average molecular weight is 418 g/mol. The topological polar surface area (TPSA) is 101 Å². The number of aryl methyl sites for hydroxylation is 1. The van der Waals surface area contributed by atoms with E-state index in [-0.39, 0.29) is 24.3 Å². The SMILES string of the molecule is Cc1oc(-c2ccccc2)nc1CC(=O)Nc1cccc(CN2CCCC2C(N)=O)c1. The predicted molar refractivity (Wildman–Crippen MR) is 118 cm³/mol. The van der Waals surface area contributed by atoms with Gasteiger partial charge in [0.15, 0.2) is 0 Å². The van der Waals surface area contributed by atoms with Crippen LogP contribution in [0.2, 0.25) is 0 Å². The number of carbonyl (C=O) groups is 2. The second-order valence-electron chi connectivity index (χ2n) is 7.84. The lowest BCUT2D eigenvalue weighted by Crippen LogP contribution is -2.39. The normalized spacial score (nSPS) is 16.4. The van der Waals surface area contributed by atoms with Crippen molar-refractivity contribution in [3.8, 4) is 11.5 Å². The van der Waals surface area contributed by atoms with Gasteiger partial charge in [-0.15, -0.1) is 0 Å². The smallest absolute Gasteiger partial charge is 0.234 e. The van der Waals surface area contributed by atoms with Crippen molar-refractivity contribution in [3.63, 3.8) is 0 Å². The first-order chi connectivity index (χ1) is 15.0. The first kappa shape index (κ1) is 20.8. The molecule has 1 aliphatic rings. The molecule has 0 saturated carbocycles. The second-order valence-corrected chi connectivity index (χ2v) is 7.84. The summed E-state index contributed by atoms with van der Waals surface area (Å²) in [4.78, 5) is 30.8. The van der Waals surface area contributed by atoms with Crippen LogP contribution in [0, 0.1) is 6.92 Å². The molecule has 1 atom stereocenters. The molecule has 0 bridgehead atoms. The summed E-state index contributed by atoms with van der Waals surface area (Å²) < 4.78 is 5.74. The molecule has 2 heterocycles. The fourth-order valence-corrected chi connectivity index (χ4v) is 3.97. The highest BCUT2D eigenvalue weighted by molar-refractivity contribution is 5.92. The number of nitrogens with zero attached hydrogens (tertiary/aromatic N) is 2. The minimum absolute atomic E-state index is 0.127. The fourth-order valence-electron chi connectivity index (χ4n) is 3.97. The van der Waals surface area contributed by atoms with Crippen LogP contribution in [0.15, 0.2) is 59.0 Å². The molecule has 1 unspecified atom stereocenters. The van der Waals surface area contributed by atoms with E-state index >= 15 is 0 Å². The van der Waals surface area contributed by atoms with Crippen LogP contribution < -0.4 is 11.1 Å². The number of hydrogen-bond acceptors (Lipinski definition) is 5. The molecule has 1 fully saturated rings. The summed E-state index contributed by atoms with van der Waals surface area (Å²) >= 11 is 0. The molecule has 2 amide bonds. The molecule has 7 heteroatoms.